The van der Waals surface area contributed by atoms with Crippen molar-refractivity contribution in [2.75, 3.05) is 0 Å². The van der Waals surface area contributed by atoms with Gasteiger partial charge in [-0.3, -0.25) is 4.79 Å². The van der Waals surface area contributed by atoms with Gasteiger partial charge in [-0.2, -0.15) is 5.26 Å². The maximum atomic E-state index is 11.7. The zero-order valence-corrected chi connectivity index (χ0v) is 11.9. The van der Waals surface area contributed by atoms with Gasteiger partial charge in [0.15, 0.2) is 0 Å². The Bertz CT molecular complexity index is 306. The number of hydrogen-bond donors (Lipinski definition) is 2. The number of nitrogens with zero attached hydrogens (tertiary/aromatic N) is 1. The summed E-state index contributed by atoms with van der Waals surface area (Å²) in [6, 6.07) is 1.05. The standard InChI is InChI=1S/C11H18N2O3.C2H6/c1-4-5-8(9(14)15)13-10(16)11(2,3)6-7-12;1-2/h8H,4-6H2,1-3H3,(H,13,16)(H,14,15);1-2H3. The fourth-order valence-corrected chi connectivity index (χ4v) is 1.18. The maximum Gasteiger partial charge on any atom is 0.326 e. The van der Waals surface area contributed by atoms with Gasteiger partial charge in [-0.25, -0.2) is 4.79 Å². The van der Waals surface area contributed by atoms with Gasteiger partial charge in [0.25, 0.3) is 0 Å². The molecular formula is C13H24N2O3. The lowest BCUT2D eigenvalue weighted by Gasteiger charge is -2.23. The topological polar surface area (TPSA) is 90.2 Å². The molecule has 18 heavy (non-hydrogen) atoms. The van der Waals surface area contributed by atoms with E-state index in [2.05, 4.69) is 5.32 Å². The van der Waals surface area contributed by atoms with Gasteiger partial charge in [0.05, 0.1) is 11.5 Å². The summed E-state index contributed by atoms with van der Waals surface area (Å²) in [4.78, 5) is 22.5. The Hall–Kier alpha value is -1.57. The molecule has 0 bridgehead atoms. The number of nitriles is 1. The summed E-state index contributed by atoms with van der Waals surface area (Å²) in [6.45, 7) is 9.09. The van der Waals surface area contributed by atoms with Crippen LogP contribution in [0.1, 0.15) is 53.9 Å². The number of amides is 1. The molecule has 0 saturated heterocycles. The normalized spacial score (nSPS) is 11.6. The van der Waals surface area contributed by atoms with Crippen molar-refractivity contribution >= 4 is 11.9 Å². The number of hydrogen-bond acceptors (Lipinski definition) is 3. The lowest BCUT2D eigenvalue weighted by atomic mass is 9.88. The number of carbonyl (C=O) groups excluding carboxylic acids is 1. The highest BCUT2D eigenvalue weighted by atomic mass is 16.4. The van der Waals surface area contributed by atoms with Crippen molar-refractivity contribution in [2.45, 2.75) is 59.9 Å². The Morgan fingerprint density at radius 3 is 2.22 bits per heavy atom. The molecule has 1 unspecified atom stereocenters. The highest BCUT2D eigenvalue weighted by Gasteiger charge is 2.30. The van der Waals surface area contributed by atoms with Crippen molar-refractivity contribution in [3.05, 3.63) is 0 Å². The molecule has 2 N–H and O–H groups in total. The zero-order chi connectivity index (χ0) is 14.8. The van der Waals surface area contributed by atoms with E-state index < -0.39 is 23.3 Å². The number of carboxylic acid groups (broad SMARTS) is 1. The Labute approximate surface area is 109 Å². The molecule has 1 amide bonds. The maximum absolute atomic E-state index is 11.7. The van der Waals surface area contributed by atoms with Crippen LogP contribution in [-0.4, -0.2) is 23.0 Å². The molecule has 104 valence electrons. The van der Waals surface area contributed by atoms with Gasteiger partial charge in [-0.1, -0.05) is 41.0 Å². The average Bonchev–Trinajstić information content (AvgIpc) is 2.30. The zero-order valence-electron chi connectivity index (χ0n) is 11.9. The van der Waals surface area contributed by atoms with Gasteiger partial charge in [-0.15, -0.1) is 0 Å². The summed E-state index contributed by atoms with van der Waals surface area (Å²) in [5.74, 6) is -1.43. The van der Waals surface area contributed by atoms with Crippen LogP contribution >= 0.6 is 0 Å². The number of nitrogens with one attached hydrogen (secondary N) is 1. The molecule has 0 rings (SSSR count). The van der Waals surface area contributed by atoms with Crippen molar-refractivity contribution in [3.63, 3.8) is 0 Å². The molecule has 0 spiro atoms. The summed E-state index contributed by atoms with van der Waals surface area (Å²) >= 11 is 0. The van der Waals surface area contributed by atoms with E-state index >= 15 is 0 Å². The first kappa shape index (κ1) is 18.8. The number of rotatable bonds is 6. The molecule has 0 aliphatic carbocycles. The van der Waals surface area contributed by atoms with Crippen molar-refractivity contribution in [3.8, 4) is 6.07 Å². The van der Waals surface area contributed by atoms with Crippen LogP contribution in [0.5, 0.6) is 0 Å². The Balaban J connectivity index is 0. The molecule has 5 heteroatoms. The molecule has 0 saturated carbocycles. The van der Waals surface area contributed by atoms with Crippen molar-refractivity contribution in [2.24, 2.45) is 5.41 Å². The van der Waals surface area contributed by atoms with E-state index in [4.69, 9.17) is 10.4 Å². The van der Waals surface area contributed by atoms with E-state index in [1.54, 1.807) is 13.8 Å². The van der Waals surface area contributed by atoms with Crippen LogP contribution in [0.25, 0.3) is 0 Å². The van der Waals surface area contributed by atoms with Crippen LogP contribution in [0.15, 0.2) is 0 Å². The summed E-state index contributed by atoms with van der Waals surface area (Å²) in [5, 5.41) is 19.9. The fraction of sp³-hybridized carbons (Fsp3) is 0.769. The van der Waals surface area contributed by atoms with E-state index in [0.29, 0.717) is 12.8 Å². The second-order valence-electron chi connectivity index (χ2n) is 4.37. The first-order chi connectivity index (χ1) is 8.35. The van der Waals surface area contributed by atoms with Crippen LogP contribution in [0.4, 0.5) is 0 Å². The van der Waals surface area contributed by atoms with Gasteiger partial charge in [-0.05, 0) is 6.42 Å². The first-order valence-corrected chi connectivity index (χ1v) is 6.26. The highest BCUT2D eigenvalue weighted by molar-refractivity contribution is 5.87. The van der Waals surface area contributed by atoms with E-state index in [9.17, 15) is 9.59 Å². The monoisotopic (exact) mass is 256 g/mol. The van der Waals surface area contributed by atoms with Gasteiger partial charge >= 0.3 is 5.97 Å². The van der Waals surface area contributed by atoms with E-state index in [1.807, 2.05) is 26.8 Å². The Kier molecular flexibility index (Phi) is 9.87. The molecule has 0 aromatic heterocycles. The number of carbonyl (C=O) groups is 2. The third-order valence-corrected chi connectivity index (χ3v) is 2.32. The Morgan fingerprint density at radius 2 is 1.89 bits per heavy atom. The predicted molar refractivity (Wildman–Crippen MR) is 69.8 cm³/mol. The van der Waals surface area contributed by atoms with Crippen LogP contribution in [0.3, 0.4) is 0 Å². The predicted octanol–water partition coefficient (Wildman–Crippen LogP) is 2.32. The second-order valence-corrected chi connectivity index (χ2v) is 4.37. The van der Waals surface area contributed by atoms with Gasteiger partial charge in [0, 0.05) is 6.42 Å². The van der Waals surface area contributed by atoms with E-state index in [0.717, 1.165) is 0 Å². The lowest BCUT2D eigenvalue weighted by molar-refractivity contribution is -0.143. The minimum absolute atomic E-state index is 0.0668. The third kappa shape index (κ3) is 6.89. The molecule has 0 aromatic carbocycles. The van der Waals surface area contributed by atoms with Crippen molar-refractivity contribution in [1.29, 1.82) is 5.26 Å². The van der Waals surface area contributed by atoms with Gasteiger partial charge in [0.1, 0.15) is 6.04 Å². The van der Waals surface area contributed by atoms with Crippen molar-refractivity contribution in [1.82, 2.24) is 5.32 Å². The molecule has 0 fully saturated rings. The van der Waals surface area contributed by atoms with Gasteiger partial charge < -0.3 is 10.4 Å². The summed E-state index contributed by atoms with van der Waals surface area (Å²) in [7, 11) is 0. The lowest BCUT2D eigenvalue weighted by Crippen LogP contribution is -2.46. The molecular weight excluding hydrogens is 232 g/mol. The second kappa shape index (κ2) is 9.46. The smallest absolute Gasteiger partial charge is 0.326 e. The molecule has 0 aromatic rings. The highest BCUT2D eigenvalue weighted by Crippen LogP contribution is 2.20. The molecule has 0 aliphatic heterocycles. The molecule has 0 aliphatic rings. The molecule has 5 nitrogen and oxygen atoms in total. The van der Waals surface area contributed by atoms with Crippen molar-refractivity contribution < 1.29 is 14.7 Å². The number of aliphatic carboxylic acids is 1. The third-order valence-electron chi connectivity index (χ3n) is 2.32. The minimum atomic E-state index is -1.04. The van der Waals surface area contributed by atoms with E-state index in [1.165, 1.54) is 0 Å². The largest absolute Gasteiger partial charge is 0.480 e. The SMILES string of the molecule is CC.CCCC(NC(=O)C(C)(C)CC#N)C(=O)O. The Morgan fingerprint density at radius 1 is 1.39 bits per heavy atom. The minimum Gasteiger partial charge on any atom is -0.480 e. The van der Waals surface area contributed by atoms with Crippen LogP contribution in [-0.2, 0) is 9.59 Å². The molecule has 0 heterocycles. The van der Waals surface area contributed by atoms with Crippen LogP contribution < -0.4 is 5.32 Å². The summed E-state index contributed by atoms with van der Waals surface area (Å²) in [6.07, 6.45) is 1.14. The van der Waals surface area contributed by atoms with Gasteiger partial charge in [0.2, 0.25) is 5.91 Å². The quantitative estimate of drug-likeness (QED) is 0.763. The molecule has 1 atom stereocenters. The first-order valence-electron chi connectivity index (χ1n) is 6.26. The van der Waals surface area contributed by atoms with E-state index in [-0.39, 0.29) is 6.42 Å². The average molecular weight is 256 g/mol. The summed E-state index contributed by atoms with van der Waals surface area (Å²) in [5.41, 5.74) is -0.851. The fourth-order valence-electron chi connectivity index (χ4n) is 1.18. The number of carboxylic acids is 1. The summed E-state index contributed by atoms with van der Waals surface area (Å²) < 4.78 is 0. The van der Waals surface area contributed by atoms with Crippen LogP contribution in [0.2, 0.25) is 0 Å². The van der Waals surface area contributed by atoms with Crippen LogP contribution in [0, 0.1) is 16.7 Å². The molecule has 0 radical (unpaired) electrons.